The summed E-state index contributed by atoms with van der Waals surface area (Å²) >= 11 is 0. The SMILES string of the molecule is O=C(NCC1(c2ccccc2)CCCC1)C1CC12CCN(Cc1ccccc1F)CC2. The first-order chi connectivity index (χ1) is 15.1. The molecule has 2 aromatic rings. The molecule has 1 aliphatic heterocycles. The van der Waals surface area contributed by atoms with Gasteiger partial charge in [0.1, 0.15) is 5.82 Å². The lowest BCUT2D eigenvalue weighted by molar-refractivity contribution is -0.123. The molecular formula is C27H33FN2O. The first-order valence-electron chi connectivity index (χ1n) is 11.9. The standard InChI is InChI=1S/C27H33FN2O/c28-24-11-5-4-8-21(24)19-30-16-14-26(15-17-30)18-23(26)25(31)29-20-27(12-6-7-13-27)22-9-2-1-3-10-22/h1-5,8-11,23H,6-7,12-20H2,(H,29,31). The zero-order valence-electron chi connectivity index (χ0n) is 18.3. The predicted octanol–water partition coefficient (Wildman–Crippen LogP) is 5.06. The number of likely N-dealkylation sites (tertiary alicyclic amines) is 1. The summed E-state index contributed by atoms with van der Waals surface area (Å²) in [5.74, 6) is 0.299. The first kappa shape index (κ1) is 20.7. The van der Waals surface area contributed by atoms with Crippen molar-refractivity contribution in [2.45, 2.75) is 56.9 Å². The number of rotatable bonds is 6. The molecule has 3 aliphatic rings. The van der Waals surface area contributed by atoms with Gasteiger partial charge in [0.15, 0.2) is 0 Å². The van der Waals surface area contributed by atoms with Crippen LogP contribution in [0.25, 0.3) is 0 Å². The van der Waals surface area contributed by atoms with Gasteiger partial charge >= 0.3 is 0 Å². The second-order valence-corrected chi connectivity index (χ2v) is 10.1. The highest BCUT2D eigenvalue weighted by Gasteiger charge is 2.58. The second kappa shape index (κ2) is 8.38. The fraction of sp³-hybridized carbons (Fsp3) is 0.519. The average Bonchev–Trinajstić information content (AvgIpc) is 3.28. The van der Waals surface area contributed by atoms with Crippen molar-refractivity contribution in [3.63, 3.8) is 0 Å². The Labute approximate surface area is 185 Å². The normalized spacial score (nSPS) is 24.2. The van der Waals surface area contributed by atoms with Crippen LogP contribution in [0, 0.1) is 17.2 Å². The third-order valence-corrected chi connectivity index (χ3v) is 8.26. The van der Waals surface area contributed by atoms with Crippen LogP contribution in [0.15, 0.2) is 54.6 Å². The molecule has 0 radical (unpaired) electrons. The van der Waals surface area contributed by atoms with Crippen LogP contribution in [0.5, 0.6) is 0 Å². The van der Waals surface area contributed by atoms with Crippen molar-refractivity contribution in [1.29, 1.82) is 0 Å². The number of piperidine rings is 1. The Kier molecular flexibility index (Phi) is 5.60. The molecule has 4 heteroatoms. The zero-order valence-corrected chi connectivity index (χ0v) is 18.3. The first-order valence-corrected chi connectivity index (χ1v) is 11.9. The van der Waals surface area contributed by atoms with Crippen LogP contribution in [0.4, 0.5) is 4.39 Å². The Bertz CT molecular complexity index is 914. The van der Waals surface area contributed by atoms with Gasteiger partial charge < -0.3 is 5.32 Å². The van der Waals surface area contributed by atoms with E-state index in [4.69, 9.17) is 0 Å². The topological polar surface area (TPSA) is 32.3 Å². The number of nitrogens with zero attached hydrogens (tertiary/aromatic N) is 1. The summed E-state index contributed by atoms with van der Waals surface area (Å²) in [6, 6.07) is 17.8. The van der Waals surface area contributed by atoms with Gasteiger partial charge in [-0.1, -0.05) is 61.4 Å². The number of benzene rings is 2. The summed E-state index contributed by atoms with van der Waals surface area (Å²) in [6.07, 6.45) is 7.93. The number of amides is 1. The highest BCUT2D eigenvalue weighted by Crippen LogP contribution is 2.59. The molecule has 31 heavy (non-hydrogen) atoms. The van der Waals surface area contributed by atoms with Crippen LogP contribution in [-0.2, 0) is 16.8 Å². The van der Waals surface area contributed by atoms with E-state index in [0.29, 0.717) is 6.54 Å². The van der Waals surface area contributed by atoms with Crippen molar-refractivity contribution in [2.24, 2.45) is 11.3 Å². The summed E-state index contributed by atoms with van der Waals surface area (Å²) in [4.78, 5) is 15.4. The van der Waals surface area contributed by atoms with E-state index in [1.165, 1.54) is 24.5 Å². The van der Waals surface area contributed by atoms with E-state index in [1.54, 1.807) is 6.07 Å². The second-order valence-electron chi connectivity index (χ2n) is 10.1. The largest absolute Gasteiger partial charge is 0.355 e. The lowest BCUT2D eigenvalue weighted by atomic mass is 9.78. The van der Waals surface area contributed by atoms with E-state index in [2.05, 4.69) is 40.5 Å². The number of hydrogen-bond acceptors (Lipinski definition) is 2. The molecule has 1 heterocycles. The molecule has 1 N–H and O–H groups in total. The van der Waals surface area contributed by atoms with Crippen LogP contribution < -0.4 is 5.32 Å². The van der Waals surface area contributed by atoms with Gasteiger partial charge in [0.05, 0.1) is 0 Å². The minimum atomic E-state index is -0.120. The molecule has 2 saturated carbocycles. The lowest BCUT2D eigenvalue weighted by Gasteiger charge is -2.33. The molecule has 1 saturated heterocycles. The maximum absolute atomic E-state index is 14.0. The fourth-order valence-electron chi connectivity index (χ4n) is 6.09. The van der Waals surface area contributed by atoms with E-state index in [-0.39, 0.29) is 28.5 Å². The third kappa shape index (κ3) is 4.15. The lowest BCUT2D eigenvalue weighted by Crippen LogP contribution is -2.41. The smallest absolute Gasteiger partial charge is 0.223 e. The minimum Gasteiger partial charge on any atom is -0.355 e. The van der Waals surface area contributed by atoms with Crippen LogP contribution in [0.3, 0.4) is 0 Å². The van der Waals surface area contributed by atoms with Gasteiger partial charge in [-0.15, -0.1) is 0 Å². The summed E-state index contributed by atoms with van der Waals surface area (Å²) in [6.45, 7) is 3.33. The van der Waals surface area contributed by atoms with E-state index < -0.39 is 0 Å². The van der Waals surface area contributed by atoms with E-state index in [0.717, 1.165) is 57.3 Å². The Morgan fingerprint density at radius 1 is 0.968 bits per heavy atom. The van der Waals surface area contributed by atoms with Crippen LogP contribution in [-0.4, -0.2) is 30.4 Å². The minimum absolute atomic E-state index is 0.113. The molecule has 1 spiro atoms. The van der Waals surface area contributed by atoms with Crippen molar-refractivity contribution in [2.75, 3.05) is 19.6 Å². The van der Waals surface area contributed by atoms with Gasteiger partial charge in [0, 0.05) is 30.0 Å². The zero-order chi connectivity index (χ0) is 21.3. The Morgan fingerprint density at radius 3 is 2.35 bits per heavy atom. The quantitative estimate of drug-likeness (QED) is 0.709. The summed E-state index contributed by atoms with van der Waals surface area (Å²) in [5, 5.41) is 3.35. The third-order valence-electron chi connectivity index (χ3n) is 8.26. The number of carbonyl (C=O) groups excluding carboxylic acids is 1. The molecule has 2 aromatic carbocycles. The highest BCUT2D eigenvalue weighted by molar-refractivity contribution is 5.82. The highest BCUT2D eigenvalue weighted by atomic mass is 19.1. The van der Waals surface area contributed by atoms with E-state index in [1.807, 2.05) is 12.1 Å². The molecule has 0 aromatic heterocycles. The summed E-state index contributed by atoms with van der Waals surface area (Å²) < 4.78 is 14.0. The summed E-state index contributed by atoms with van der Waals surface area (Å²) in [5.41, 5.74) is 2.44. The Balaban J connectivity index is 1.14. The molecule has 1 amide bonds. The monoisotopic (exact) mass is 420 g/mol. The van der Waals surface area contributed by atoms with Crippen molar-refractivity contribution < 1.29 is 9.18 Å². The fourth-order valence-corrected chi connectivity index (χ4v) is 6.09. The number of hydrogen-bond donors (Lipinski definition) is 1. The van der Waals surface area contributed by atoms with Crippen molar-refractivity contribution in [3.8, 4) is 0 Å². The van der Waals surface area contributed by atoms with Gasteiger partial charge in [0.2, 0.25) is 5.91 Å². The Morgan fingerprint density at radius 2 is 1.65 bits per heavy atom. The maximum Gasteiger partial charge on any atom is 0.223 e. The van der Waals surface area contributed by atoms with Gasteiger partial charge in [-0.25, -0.2) is 4.39 Å². The van der Waals surface area contributed by atoms with Gasteiger partial charge in [-0.05, 0) is 62.2 Å². The van der Waals surface area contributed by atoms with E-state index >= 15 is 0 Å². The van der Waals surface area contributed by atoms with Crippen LogP contribution in [0.2, 0.25) is 0 Å². The molecule has 3 nitrogen and oxygen atoms in total. The number of halogens is 1. The Hall–Kier alpha value is -2.20. The molecular weight excluding hydrogens is 387 g/mol. The van der Waals surface area contributed by atoms with Crippen LogP contribution in [0.1, 0.15) is 56.1 Å². The number of carbonyl (C=O) groups is 1. The molecule has 0 bridgehead atoms. The molecule has 164 valence electrons. The molecule has 5 rings (SSSR count). The molecule has 1 atom stereocenters. The maximum atomic E-state index is 14.0. The van der Waals surface area contributed by atoms with Gasteiger partial charge in [-0.3, -0.25) is 9.69 Å². The van der Waals surface area contributed by atoms with Gasteiger partial charge in [0.25, 0.3) is 0 Å². The van der Waals surface area contributed by atoms with Crippen molar-refractivity contribution in [1.82, 2.24) is 10.2 Å². The average molecular weight is 421 g/mol. The van der Waals surface area contributed by atoms with Crippen LogP contribution >= 0.6 is 0 Å². The molecule has 1 unspecified atom stereocenters. The molecule has 2 aliphatic carbocycles. The van der Waals surface area contributed by atoms with Crippen molar-refractivity contribution in [3.05, 3.63) is 71.5 Å². The van der Waals surface area contributed by atoms with Crippen molar-refractivity contribution >= 4 is 5.91 Å². The predicted molar refractivity (Wildman–Crippen MR) is 121 cm³/mol. The summed E-state index contributed by atoms with van der Waals surface area (Å²) in [7, 11) is 0. The molecule has 3 fully saturated rings. The van der Waals surface area contributed by atoms with Gasteiger partial charge in [-0.2, -0.15) is 0 Å². The number of nitrogens with one attached hydrogen (secondary N) is 1. The van der Waals surface area contributed by atoms with E-state index in [9.17, 15) is 9.18 Å².